The first kappa shape index (κ1) is 14.4. The number of sulfonamides is 1. The summed E-state index contributed by atoms with van der Waals surface area (Å²) < 4.78 is 24.2. The van der Waals surface area contributed by atoms with Crippen molar-refractivity contribution in [2.24, 2.45) is 0 Å². The first-order valence-electron chi connectivity index (χ1n) is 5.00. The van der Waals surface area contributed by atoms with Crippen molar-refractivity contribution in [2.75, 3.05) is 19.3 Å². The molecule has 15 heavy (non-hydrogen) atoms. The predicted octanol–water partition coefficient (Wildman–Crippen LogP) is 0.183. The Labute approximate surface area is 91.9 Å². The van der Waals surface area contributed by atoms with Gasteiger partial charge in [-0.2, -0.15) is 4.31 Å². The molecule has 0 radical (unpaired) electrons. The smallest absolute Gasteiger partial charge is 0.216 e. The van der Waals surface area contributed by atoms with Crippen LogP contribution in [-0.2, 0) is 14.8 Å². The number of carbonyl (C=O) groups excluding carboxylic acids is 1. The molecule has 0 aliphatic rings. The summed E-state index contributed by atoms with van der Waals surface area (Å²) in [6, 6.07) is -0.0336. The van der Waals surface area contributed by atoms with Gasteiger partial charge < -0.3 is 5.32 Å². The molecular weight excluding hydrogens is 216 g/mol. The molecule has 0 rings (SSSR count). The van der Waals surface area contributed by atoms with E-state index < -0.39 is 10.0 Å². The van der Waals surface area contributed by atoms with Crippen LogP contribution in [0.2, 0.25) is 0 Å². The third-order valence-corrected chi connectivity index (χ3v) is 3.61. The first-order valence-corrected chi connectivity index (χ1v) is 6.85. The zero-order valence-electron chi connectivity index (χ0n) is 9.78. The molecule has 5 nitrogen and oxygen atoms in total. The second-order valence-corrected chi connectivity index (χ2v) is 5.55. The summed E-state index contributed by atoms with van der Waals surface area (Å²) in [7, 11) is -3.19. The molecule has 90 valence electrons. The third kappa shape index (κ3) is 5.74. The Balaban J connectivity index is 4.34. The van der Waals surface area contributed by atoms with E-state index in [0.29, 0.717) is 13.1 Å². The van der Waals surface area contributed by atoms with Gasteiger partial charge in [-0.15, -0.1) is 0 Å². The molecule has 0 aliphatic carbocycles. The maximum atomic E-state index is 11.4. The molecule has 1 amide bonds. The summed E-state index contributed by atoms with van der Waals surface area (Å²) >= 11 is 0. The van der Waals surface area contributed by atoms with Gasteiger partial charge in [0.1, 0.15) is 0 Å². The zero-order valence-corrected chi connectivity index (χ0v) is 10.6. The molecular formula is C9H20N2O3S. The van der Waals surface area contributed by atoms with Crippen LogP contribution in [0.4, 0.5) is 0 Å². The van der Waals surface area contributed by atoms with Gasteiger partial charge in [0.25, 0.3) is 0 Å². The summed E-state index contributed by atoms with van der Waals surface area (Å²) in [5, 5.41) is 2.58. The van der Waals surface area contributed by atoms with Crippen molar-refractivity contribution in [3.8, 4) is 0 Å². The van der Waals surface area contributed by atoms with Gasteiger partial charge in [0.05, 0.1) is 6.26 Å². The summed E-state index contributed by atoms with van der Waals surface area (Å²) in [6.45, 7) is 5.88. The fourth-order valence-electron chi connectivity index (χ4n) is 1.26. The van der Waals surface area contributed by atoms with Crippen LogP contribution in [0.3, 0.4) is 0 Å². The van der Waals surface area contributed by atoms with Crippen LogP contribution in [0, 0.1) is 0 Å². The van der Waals surface area contributed by atoms with Gasteiger partial charge in [-0.25, -0.2) is 8.42 Å². The minimum Gasteiger partial charge on any atom is -0.355 e. The number of hydrogen-bond acceptors (Lipinski definition) is 3. The van der Waals surface area contributed by atoms with Crippen LogP contribution in [0.1, 0.15) is 27.2 Å². The van der Waals surface area contributed by atoms with E-state index in [9.17, 15) is 13.2 Å². The summed E-state index contributed by atoms with van der Waals surface area (Å²) in [5.41, 5.74) is 0. The van der Waals surface area contributed by atoms with Gasteiger partial charge in [-0.1, -0.05) is 6.92 Å². The Morgan fingerprint density at radius 3 is 2.33 bits per heavy atom. The molecule has 0 aliphatic heterocycles. The molecule has 1 N–H and O–H groups in total. The average molecular weight is 236 g/mol. The van der Waals surface area contributed by atoms with E-state index in [4.69, 9.17) is 0 Å². The minimum atomic E-state index is -3.19. The Bertz CT molecular complexity index is 300. The maximum absolute atomic E-state index is 11.4. The molecule has 0 spiro atoms. The van der Waals surface area contributed by atoms with E-state index in [1.807, 2.05) is 13.8 Å². The van der Waals surface area contributed by atoms with Crippen LogP contribution >= 0.6 is 0 Å². The van der Waals surface area contributed by atoms with Crippen molar-refractivity contribution >= 4 is 15.9 Å². The summed E-state index contributed by atoms with van der Waals surface area (Å²) in [6.07, 6.45) is 1.94. The van der Waals surface area contributed by atoms with Crippen LogP contribution in [-0.4, -0.2) is 44.0 Å². The lowest BCUT2D eigenvalue weighted by Gasteiger charge is -2.25. The molecule has 0 bridgehead atoms. The molecule has 0 aromatic rings. The van der Waals surface area contributed by atoms with Crippen LogP contribution in [0.5, 0.6) is 0 Å². The molecule has 0 saturated carbocycles. The largest absolute Gasteiger partial charge is 0.355 e. The Morgan fingerprint density at radius 2 is 2.00 bits per heavy atom. The highest BCUT2D eigenvalue weighted by molar-refractivity contribution is 7.88. The Hall–Kier alpha value is -0.620. The molecule has 0 fully saturated rings. The molecule has 0 aromatic heterocycles. The normalized spacial score (nSPS) is 13.9. The van der Waals surface area contributed by atoms with E-state index in [-0.39, 0.29) is 11.9 Å². The second kappa shape index (κ2) is 6.07. The number of nitrogens with one attached hydrogen (secondary N) is 1. The van der Waals surface area contributed by atoms with Crippen molar-refractivity contribution in [3.05, 3.63) is 0 Å². The minimum absolute atomic E-state index is 0.0336. The molecule has 0 heterocycles. The van der Waals surface area contributed by atoms with Gasteiger partial charge in [0.2, 0.25) is 15.9 Å². The van der Waals surface area contributed by atoms with Crippen LogP contribution in [0.25, 0.3) is 0 Å². The fraction of sp³-hybridized carbons (Fsp3) is 0.889. The highest BCUT2D eigenvalue weighted by atomic mass is 32.2. The highest BCUT2D eigenvalue weighted by Gasteiger charge is 2.21. The monoisotopic (exact) mass is 236 g/mol. The second-order valence-electron chi connectivity index (χ2n) is 3.61. The Morgan fingerprint density at radius 1 is 1.47 bits per heavy atom. The third-order valence-electron chi connectivity index (χ3n) is 2.21. The molecule has 0 aromatic carbocycles. The molecule has 0 saturated heterocycles. The van der Waals surface area contributed by atoms with Crippen molar-refractivity contribution in [3.63, 3.8) is 0 Å². The molecule has 1 atom stereocenters. The zero-order chi connectivity index (χ0) is 12.1. The van der Waals surface area contributed by atoms with E-state index in [0.717, 1.165) is 6.42 Å². The lowest BCUT2D eigenvalue weighted by Crippen LogP contribution is -2.42. The van der Waals surface area contributed by atoms with Gasteiger partial charge in [-0.3, -0.25) is 4.79 Å². The van der Waals surface area contributed by atoms with Crippen molar-refractivity contribution < 1.29 is 13.2 Å². The summed E-state index contributed by atoms with van der Waals surface area (Å²) in [4.78, 5) is 10.6. The number of carbonyl (C=O) groups is 1. The van der Waals surface area contributed by atoms with Crippen molar-refractivity contribution in [2.45, 2.75) is 33.2 Å². The summed E-state index contributed by atoms with van der Waals surface area (Å²) in [5.74, 6) is -0.146. The maximum Gasteiger partial charge on any atom is 0.216 e. The van der Waals surface area contributed by atoms with E-state index in [2.05, 4.69) is 5.32 Å². The lowest BCUT2D eigenvalue weighted by molar-refractivity contribution is -0.118. The lowest BCUT2D eigenvalue weighted by atomic mass is 10.2. The van der Waals surface area contributed by atoms with Crippen LogP contribution < -0.4 is 5.32 Å². The SMILES string of the molecule is CCC(C)N(CCNC(C)=O)S(C)(=O)=O. The highest BCUT2D eigenvalue weighted by Crippen LogP contribution is 2.07. The topological polar surface area (TPSA) is 66.5 Å². The molecule has 1 unspecified atom stereocenters. The predicted molar refractivity (Wildman–Crippen MR) is 60.0 cm³/mol. The number of hydrogen-bond donors (Lipinski definition) is 1. The Kier molecular flexibility index (Phi) is 5.82. The van der Waals surface area contributed by atoms with Crippen molar-refractivity contribution in [1.82, 2.24) is 9.62 Å². The van der Waals surface area contributed by atoms with E-state index in [1.165, 1.54) is 17.5 Å². The molecule has 6 heteroatoms. The number of rotatable bonds is 6. The number of amides is 1. The van der Waals surface area contributed by atoms with Crippen molar-refractivity contribution in [1.29, 1.82) is 0 Å². The first-order chi connectivity index (χ1) is 6.79. The van der Waals surface area contributed by atoms with Crippen LogP contribution in [0.15, 0.2) is 0 Å². The quantitative estimate of drug-likeness (QED) is 0.715. The number of nitrogens with zero attached hydrogens (tertiary/aromatic N) is 1. The van der Waals surface area contributed by atoms with Gasteiger partial charge in [0.15, 0.2) is 0 Å². The van der Waals surface area contributed by atoms with Gasteiger partial charge in [-0.05, 0) is 13.3 Å². The van der Waals surface area contributed by atoms with Gasteiger partial charge >= 0.3 is 0 Å². The van der Waals surface area contributed by atoms with Gasteiger partial charge in [0, 0.05) is 26.1 Å². The average Bonchev–Trinajstić information content (AvgIpc) is 2.09. The fourth-order valence-corrected chi connectivity index (χ4v) is 2.48. The van der Waals surface area contributed by atoms with E-state index in [1.54, 1.807) is 0 Å². The van der Waals surface area contributed by atoms with E-state index >= 15 is 0 Å². The standard InChI is InChI=1S/C9H20N2O3S/c1-5-8(2)11(15(4,13)14)7-6-10-9(3)12/h8H,5-7H2,1-4H3,(H,10,12).